The molecule has 0 aliphatic rings. The Balaban J connectivity index is 4.09. The van der Waals surface area contributed by atoms with E-state index in [1.807, 2.05) is 0 Å². The first-order valence-electron chi connectivity index (χ1n) is 2.58. The third-order valence-electron chi connectivity index (χ3n) is 1.29. The Bertz CT molecular complexity index is 109. The average Bonchev–Trinajstić information content (AvgIpc) is 1.86. The van der Waals surface area contributed by atoms with Gasteiger partial charge in [0.2, 0.25) is 5.91 Å². The molecule has 0 aromatic carbocycles. The predicted octanol–water partition coefficient (Wildman–Crippen LogP) is -1.54. The van der Waals surface area contributed by atoms with Gasteiger partial charge in [-0.3, -0.25) is 4.79 Å². The van der Waals surface area contributed by atoms with Gasteiger partial charge in [0.05, 0.1) is 18.6 Å². The van der Waals surface area contributed by atoms with Crippen LogP contribution in [0.2, 0.25) is 0 Å². The second-order valence-corrected chi connectivity index (χ2v) is 2.24. The minimum atomic E-state index is -1.17. The molecule has 4 nitrogen and oxygen atoms in total. The van der Waals surface area contributed by atoms with Crippen LogP contribution in [0.5, 0.6) is 0 Å². The van der Waals surface area contributed by atoms with Gasteiger partial charge in [-0.1, -0.05) is 0 Å². The highest BCUT2D eigenvalue weighted by Crippen LogP contribution is 2.11. The van der Waals surface area contributed by atoms with Crippen molar-refractivity contribution < 1.29 is 15.0 Å². The van der Waals surface area contributed by atoms with Gasteiger partial charge in [0.25, 0.3) is 0 Å². The van der Waals surface area contributed by atoms with Gasteiger partial charge in [-0.05, 0) is 6.92 Å². The Labute approximate surface area is 53.3 Å². The molecule has 0 rings (SSSR count). The third kappa shape index (κ3) is 1.65. The zero-order chi connectivity index (χ0) is 7.49. The number of aliphatic hydroxyl groups is 2. The van der Waals surface area contributed by atoms with Crippen LogP contribution in [-0.4, -0.2) is 29.3 Å². The molecule has 0 aromatic heterocycles. The Morgan fingerprint density at radius 2 is 1.89 bits per heavy atom. The summed E-state index contributed by atoms with van der Waals surface area (Å²) in [6.07, 6.45) is 0. The van der Waals surface area contributed by atoms with E-state index in [0.29, 0.717) is 0 Å². The van der Waals surface area contributed by atoms with E-state index in [0.717, 1.165) is 0 Å². The van der Waals surface area contributed by atoms with Crippen molar-refractivity contribution in [2.75, 3.05) is 13.2 Å². The van der Waals surface area contributed by atoms with E-state index in [-0.39, 0.29) is 0 Å². The van der Waals surface area contributed by atoms with Crippen LogP contribution in [0.15, 0.2) is 0 Å². The van der Waals surface area contributed by atoms with E-state index < -0.39 is 24.5 Å². The fourth-order valence-electron chi connectivity index (χ4n) is 0.206. The number of carbonyl (C=O) groups is 1. The standard InChI is InChI=1S/C5H11NO3/c1-5(2-7,3-8)4(6)9/h7-8H,2-3H2,1H3,(H2,6,9). The molecule has 0 fully saturated rings. The number of primary amides is 1. The fraction of sp³-hybridized carbons (Fsp3) is 0.800. The molecule has 0 saturated heterocycles. The summed E-state index contributed by atoms with van der Waals surface area (Å²) in [5, 5.41) is 17.0. The van der Waals surface area contributed by atoms with E-state index in [1.54, 1.807) is 0 Å². The third-order valence-corrected chi connectivity index (χ3v) is 1.29. The normalized spacial score (nSPS) is 11.4. The molecule has 4 heteroatoms. The van der Waals surface area contributed by atoms with Gasteiger partial charge in [0.15, 0.2) is 0 Å². The van der Waals surface area contributed by atoms with Gasteiger partial charge in [-0.15, -0.1) is 0 Å². The van der Waals surface area contributed by atoms with Crippen LogP contribution in [-0.2, 0) is 4.79 Å². The molecule has 0 saturated carbocycles. The number of hydrogen-bond acceptors (Lipinski definition) is 3. The summed E-state index contributed by atoms with van der Waals surface area (Å²) in [6.45, 7) is 0.562. The molecular formula is C5H11NO3. The van der Waals surface area contributed by atoms with Crippen LogP contribution in [0.4, 0.5) is 0 Å². The summed E-state index contributed by atoms with van der Waals surface area (Å²) in [5.41, 5.74) is 3.67. The van der Waals surface area contributed by atoms with Gasteiger partial charge in [0, 0.05) is 0 Å². The molecule has 0 bridgehead atoms. The molecule has 0 heterocycles. The van der Waals surface area contributed by atoms with E-state index in [9.17, 15) is 4.79 Å². The number of rotatable bonds is 3. The molecule has 0 aromatic rings. The van der Waals surface area contributed by atoms with E-state index in [4.69, 9.17) is 15.9 Å². The van der Waals surface area contributed by atoms with Crippen molar-refractivity contribution in [3.05, 3.63) is 0 Å². The van der Waals surface area contributed by atoms with Crippen molar-refractivity contribution in [1.82, 2.24) is 0 Å². The van der Waals surface area contributed by atoms with Gasteiger partial charge in [0.1, 0.15) is 0 Å². The lowest BCUT2D eigenvalue weighted by Crippen LogP contribution is -2.40. The number of amides is 1. The molecule has 9 heavy (non-hydrogen) atoms. The molecule has 0 radical (unpaired) electrons. The molecule has 0 aliphatic carbocycles. The minimum absolute atomic E-state index is 0.418. The van der Waals surface area contributed by atoms with Gasteiger partial charge in [-0.2, -0.15) is 0 Å². The quantitative estimate of drug-likeness (QED) is 0.436. The smallest absolute Gasteiger partial charge is 0.228 e. The monoisotopic (exact) mass is 133 g/mol. The maximum atomic E-state index is 10.4. The van der Waals surface area contributed by atoms with Crippen molar-refractivity contribution in [3.63, 3.8) is 0 Å². The van der Waals surface area contributed by atoms with Crippen molar-refractivity contribution in [3.8, 4) is 0 Å². The van der Waals surface area contributed by atoms with Crippen molar-refractivity contribution in [2.45, 2.75) is 6.92 Å². The Hall–Kier alpha value is -0.610. The van der Waals surface area contributed by atoms with Crippen LogP contribution in [0.3, 0.4) is 0 Å². The summed E-state index contributed by atoms with van der Waals surface area (Å²) in [7, 11) is 0. The maximum Gasteiger partial charge on any atom is 0.228 e. The second-order valence-electron chi connectivity index (χ2n) is 2.24. The number of aliphatic hydroxyl groups excluding tert-OH is 2. The van der Waals surface area contributed by atoms with E-state index in [2.05, 4.69) is 0 Å². The largest absolute Gasteiger partial charge is 0.395 e. The van der Waals surface area contributed by atoms with Crippen LogP contribution in [0.1, 0.15) is 6.92 Å². The average molecular weight is 133 g/mol. The van der Waals surface area contributed by atoms with Gasteiger partial charge in [-0.25, -0.2) is 0 Å². The minimum Gasteiger partial charge on any atom is -0.395 e. The van der Waals surface area contributed by atoms with E-state index in [1.165, 1.54) is 6.92 Å². The van der Waals surface area contributed by atoms with Crippen LogP contribution in [0, 0.1) is 5.41 Å². The Morgan fingerprint density at radius 3 is 1.89 bits per heavy atom. The Morgan fingerprint density at radius 1 is 1.56 bits per heavy atom. The molecule has 4 N–H and O–H groups in total. The second kappa shape index (κ2) is 2.80. The highest BCUT2D eigenvalue weighted by molar-refractivity contribution is 5.80. The van der Waals surface area contributed by atoms with Crippen molar-refractivity contribution >= 4 is 5.91 Å². The lowest BCUT2D eigenvalue weighted by molar-refractivity contribution is -0.131. The molecular weight excluding hydrogens is 122 g/mol. The summed E-state index contributed by atoms with van der Waals surface area (Å²) in [5.74, 6) is -0.687. The van der Waals surface area contributed by atoms with Gasteiger partial charge < -0.3 is 15.9 Å². The first kappa shape index (κ1) is 8.39. The number of carbonyl (C=O) groups excluding carboxylic acids is 1. The fourth-order valence-corrected chi connectivity index (χ4v) is 0.206. The highest BCUT2D eigenvalue weighted by atomic mass is 16.3. The Kier molecular flexibility index (Phi) is 2.61. The van der Waals surface area contributed by atoms with Crippen LogP contribution >= 0.6 is 0 Å². The lowest BCUT2D eigenvalue weighted by Gasteiger charge is -2.18. The van der Waals surface area contributed by atoms with E-state index >= 15 is 0 Å². The zero-order valence-electron chi connectivity index (χ0n) is 5.29. The molecule has 1 amide bonds. The van der Waals surface area contributed by atoms with Crippen molar-refractivity contribution in [1.29, 1.82) is 0 Å². The first-order valence-corrected chi connectivity index (χ1v) is 2.58. The highest BCUT2D eigenvalue weighted by Gasteiger charge is 2.28. The van der Waals surface area contributed by atoms with Crippen molar-refractivity contribution in [2.24, 2.45) is 11.1 Å². The summed E-state index contributed by atoms with van der Waals surface area (Å²) < 4.78 is 0. The summed E-state index contributed by atoms with van der Waals surface area (Å²) in [6, 6.07) is 0. The summed E-state index contributed by atoms with van der Waals surface area (Å²) >= 11 is 0. The van der Waals surface area contributed by atoms with Crippen LogP contribution < -0.4 is 5.73 Å². The molecule has 0 spiro atoms. The topological polar surface area (TPSA) is 83.6 Å². The molecule has 0 atom stereocenters. The molecule has 54 valence electrons. The number of nitrogens with two attached hydrogens (primary N) is 1. The number of hydrogen-bond donors (Lipinski definition) is 3. The predicted molar refractivity (Wildman–Crippen MR) is 31.5 cm³/mol. The first-order chi connectivity index (χ1) is 4.06. The summed E-state index contributed by atoms with van der Waals surface area (Å²) in [4.78, 5) is 10.4. The zero-order valence-corrected chi connectivity index (χ0v) is 5.29. The SMILES string of the molecule is CC(CO)(CO)C(N)=O. The maximum absolute atomic E-state index is 10.4. The molecule has 0 unspecified atom stereocenters. The lowest BCUT2D eigenvalue weighted by atomic mass is 9.93. The van der Waals surface area contributed by atoms with Crippen LogP contribution in [0.25, 0.3) is 0 Å². The van der Waals surface area contributed by atoms with Gasteiger partial charge >= 0.3 is 0 Å². The molecule has 0 aliphatic heterocycles.